The third kappa shape index (κ3) is 2.71. The molecule has 6 heteroatoms. The number of hydrogen-bond donors (Lipinski definition) is 0. The number of aryl methyl sites for hydroxylation is 1. The topological polar surface area (TPSA) is 57.9 Å². The van der Waals surface area contributed by atoms with Crippen molar-refractivity contribution in [2.75, 3.05) is 0 Å². The first-order chi connectivity index (χ1) is 6.90. The highest BCUT2D eigenvalue weighted by Crippen LogP contribution is 2.27. The van der Waals surface area contributed by atoms with Crippen molar-refractivity contribution in [1.29, 1.82) is 5.26 Å². The first-order valence-electron chi connectivity index (χ1n) is 3.94. The van der Waals surface area contributed by atoms with Crippen molar-refractivity contribution in [1.82, 2.24) is 0 Å². The molecule has 0 saturated heterocycles. The van der Waals surface area contributed by atoms with Crippen LogP contribution >= 0.6 is 26.6 Å². The molecule has 80 valence electrons. The van der Waals surface area contributed by atoms with Gasteiger partial charge in [0.1, 0.15) is 0 Å². The summed E-state index contributed by atoms with van der Waals surface area (Å²) in [5, 5.41) is 9.07. The summed E-state index contributed by atoms with van der Waals surface area (Å²) in [6.45, 7) is 1.61. The maximum absolute atomic E-state index is 11.3. The first-order valence-corrected chi connectivity index (χ1v) is 7.37. The van der Waals surface area contributed by atoms with Crippen molar-refractivity contribution < 1.29 is 8.42 Å². The van der Waals surface area contributed by atoms with Gasteiger partial charge in [0.2, 0.25) is 0 Å². The molecule has 3 nitrogen and oxygen atoms in total. The van der Waals surface area contributed by atoms with Crippen molar-refractivity contribution in [2.24, 2.45) is 0 Å². The van der Waals surface area contributed by atoms with Gasteiger partial charge in [0, 0.05) is 16.0 Å². The van der Waals surface area contributed by atoms with Gasteiger partial charge < -0.3 is 0 Å². The van der Waals surface area contributed by atoms with Gasteiger partial charge in [-0.05, 0) is 30.2 Å². The summed E-state index contributed by atoms with van der Waals surface area (Å²) in [5.41, 5.74) is 1.41. The average molecular weight is 309 g/mol. The second-order valence-electron chi connectivity index (χ2n) is 2.96. The van der Waals surface area contributed by atoms with Crippen LogP contribution in [0.3, 0.4) is 0 Å². The molecule has 1 aromatic carbocycles. The van der Waals surface area contributed by atoms with E-state index in [4.69, 9.17) is 15.9 Å². The maximum atomic E-state index is 11.3. The lowest BCUT2D eigenvalue weighted by atomic mass is 10.1. The van der Waals surface area contributed by atoms with E-state index in [2.05, 4.69) is 15.9 Å². The summed E-state index contributed by atoms with van der Waals surface area (Å²) < 4.78 is 22.6. The highest BCUT2D eigenvalue weighted by Gasteiger charge is 2.18. The summed E-state index contributed by atoms with van der Waals surface area (Å²) in [5.74, 6) is 0. The van der Waals surface area contributed by atoms with Gasteiger partial charge in [-0.3, -0.25) is 0 Å². The van der Waals surface area contributed by atoms with Crippen LogP contribution in [-0.4, -0.2) is 8.42 Å². The van der Waals surface area contributed by atoms with E-state index in [1.54, 1.807) is 6.92 Å². The van der Waals surface area contributed by atoms with Gasteiger partial charge in [-0.15, -0.1) is 0 Å². The lowest BCUT2D eigenvalue weighted by Crippen LogP contribution is -2.00. The Morgan fingerprint density at radius 1 is 1.53 bits per heavy atom. The van der Waals surface area contributed by atoms with Crippen LogP contribution in [0.4, 0.5) is 0 Å². The molecule has 0 saturated carbocycles. The van der Waals surface area contributed by atoms with Crippen LogP contribution in [0.5, 0.6) is 0 Å². The predicted molar refractivity (Wildman–Crippen MR) is 61.6 cm³/mol. The average Bonchev–Trinajstić information content (AvgIpc) is 2.14. The SMILES string of the molecule is Cc1cc(C#N)cc(CBr)c1S(=O)(=O)Cl. The minimum Gasteiger partial charge on any atom is -0.207 e. The van der Waals surface area contributed by atoms with E-state index in [1.807, 2.05) is 6.07 Å². The summed E-state index contributed by atoms with van der Waals surface area (Å²) in [7, 11) is 1.54. The van der Waals surface area contributed by atoms with Crippen molar-refractivity contribution >= 4 is 35.7 Å². The minimum atomic E-state index is -3.77. The molecule has 0 heterocycles. The summed E-state index contributed by atoms with van der Waals surface area (Å²) >= 11 is 3.17. The van der Waals surface area contributed by atoms with Crippen LogP contribution in [-0.2, 0) is 14.4 Å². The highest BCUT2D eigenvalue weighted by atomic mass is 79.9. The monoisotopic (exact) mass is 307 g/mol. The molecule has 1 rings (SSSR count). The summed E-state index contributed by atoms with van der Waals surface area (Å²) in [6, 6.07) is 4.97. The van der Waals surface area contributed by atoms with E-state index in [-0.39, 0.29) is 4.90 Å². The predicted octanol–water partition coefficient (Wildman–Crippen LogP) is 2.69. The van der Waals surface area contributed by atoms with Crippen LogP contribution in [0.25, 0.3) is 0 Å². The van der Waals surface area contributed by atoms with Gasteiger partial charge >= 0.3 is 0 Å². The number of nitriles is 1. The number of rotatable bonds is 2. The van der Waals surface area contributed by atoms with Gasteiger partial charge in [0.15, 0.2) is 0 Å². The molecule has 0 atom stereocenters. The zero-order valence-corrected chi connectivity index (χ0v) is 10.9. The Morgan fingerprint density at radius 3 is 2.53 bits per heavy atom. The van der Waals surface area contributed by atoms with Crippen molar-refractivity contribution in [3.63, 3.8) is 0 Å². The first kappa shape index (κ1) is 12.5. The summed E-state index contributed by atoms with van der Waals surface area (Å²) in [6.07, 6.45) is 0. The highest BCUT2D eigenvalue weighted by molar-refractivity contribution is 9.08. The maximum Gasteiger partial charge on any atom is 0.261 e. The van der Waals surface area contributed by atoms with Crippen molar-refractivity contribution in [3.8, 4) is 6.07 Å². The molecule has 0 spiro atoms. The van der Waals surface area contributed by atoms with E-state index in [0.29, 0.717) is 22.0 Å². The molecule has 15 heavy (non-hydrogen) atoms. The Morgan fingerprint density at radius 2 is 2.13 bits per heavy atom. The molecule has 0 aliphatic rings. The normalized spacial score (nSPS) is 11.1. The van der Waals surface area contributed by atoms with E-state index >= 15 is 0 Å². The Labute approximate surface area is 101 Å². The van der Waals surface area contributed by atoms with Crippen molar-refractivity contribution in [2.45, 2.75) is 17.1 Å². The number of benzene rings is 1. The van der Waals surface area contributed by atoms with E-state index < -0.39 is 9.05 Å². The third-order valence-corrected chi connectivity index (χ3v) is 4.01. The quantitative estimate of drug-likeness (QED) is 0.623. The van der Waals surface area contributed by atoms with Crippen molar-refractivity contribution in [3.05, 3.63) is 28.8 Å². The van der Waals surface area contributed by atoms with Crippen LogP contribution in [0, 0.1) is 18.3 Å². The Kier molecular flexibility index (Phi) is 3.77. The molecule has 0 bridgehead atoms. The molecule has 0 aliphatic carbocycles. The zero-order chi connectivity index (χ0) is 11.6. The molecular formula is C9H7BrClNO2S. The van der Waals surface area contributed by atoms with Crippen LogP contribution in [0.1, 0.15) is 16.7 Å². The van der Waals surface area contributed by atoms with E-state index in [0.717, 1.165) is 0 Å². The third-order valence-electron chi connectivity index (χ3n) is 1.87. The van der Waals surface area contributed by atoms with E-state index in [1.165, 1.54) is 12.1 Å². The molecular weight excluding hydrogens is 302 g/mol. The Balaban J connectivity index is 3.61. The zero-order valence-electron chi connectivity index (χ0n) is 7.79. The number of alkyl halides is 1. The van der Waals surface area contributed by atoms with Gasteiger partial charge in [-0.1, -0.05) is 15.9 Å². The van der Waals surface area contributed by atoms with Gasteiger partial charge in [0.25, 0.3) is 9.05 Å². The molecule has 1 aromatic rings. The van der Waals surface area contributed by atoms with Crippen LogP contribution < -0.4 is 0 Å². The molecule has 0 fully saturated rings. The largest absolute Gasteiger partial charge is 0.261 e. The second kappa shape index (κ2) is 4.52. The van der Waals surface area contributed by atoms with Gasteiger partial charge in [-0.2, -0.15) is 5.26 Å². The van der Waals surface area contributed by atoms with Crippen LogP contribution in [0.15, 0.2) is 17.0 Å². The fourth-order valence-electron chi connectivity index (χ4n) is 1.36. The summed E-state index contributed by atoms with van der Waals surface area (Å²) in [4.78, 5) is 0.0834. The van der Waals surface area contributed by atoms with Gasteiger partial charge in [-0.25, -0.2) is 8.42 Å². The second-order valence-corrected chi connectivity index (χ2v) is 6.03. The fourth-order valence-corrected chi connectivity index (χ4v) is 3.54. The molecule has 0 unspecified atom stereocenters. The Hall–Kier alpha value is -0.570. The minimum absolute atomic E-state index is 0.0834. The smallest absolute Gasteiger partial charge is 0.207 e. The lowest BCUT2D eigenvalue weighted by molar-refractivity contribution is 0.608. The number of nitrogens with zero attached hydrogens (tertiary/aromatic N) is 1. The fraction of sp³-hybridized carbons (Fsp3) is 0.222. The van der Waals surface area contributed by atoms with E-state index in [9.17, 15) is 8.42 Å². The standard InChI is InChI=1S/C9H7BrClNO2S/c1-6-2-7(5-12)3-8(4-10)9(6)15(11,13)14/h2-3H,4H2,1H3. The van der Waals surface area contributed by atoms with Crippen LogP contribution in [0.2, 0.25) is 0 Å². The Bertz CT molecular complexity index is 534. The lowest BCUT2D eigenvalue weighted by Gasteiger charge is -2.07. The molecule has 0 radical (unpaired) electrons. The number of halogens is 2. The molecule has 0 aliphatic heterocycles. The molecule has 0 amide bonds. The molecule has 0 aromatic heterocycles. The van der Waals surface area contributed by atoms with Gasteiger partial charge in [0.05, 0.1) is 16.5 Å². The molecule has 0 N–H and O–H groups in total. The number of hydrogen-bond acceptors (Lipinski definition) is 3.